The summed E-state index contributed by atoms with van der Waals surface area (Å²) in [6.45, 7) is 10.5. The summed E-state index contributed by atoms with van der Waals surface area (Å²) in [4.78, 5) is 28.1. The average molecular weight is 382 g/mol. The zero-order valence-electron chi connectivity index (χ0n) is 16.9. The molecule has 148 valence electrons. The van der Waals surface area contributed by atoms with Gasteiger partial charge in [-0.1, -0.05) is 12.8 Å². The Labute approximate surface area is 164 Å². The molecule has 8 nitrogen and oxygen atoms in total. The van der Waals surface area contributed by atoms with Crippen molar-refractivity contribution in [2.24, 2.45) is 0 Å². The van der Waals surface area contributed by atoms with Crippen LogP contribution < -0.4 is 0 Å². The van der Waals surface area contributed by atoms with Crippen molar-refractivity contribution in [1.29, 1.82) is 0 Å². The average Bonchev–Trinajstić information content (AvgIpc) is 3.26. The highest BCUT2D eigenvalue weighted by molar-refractivity contribution is 5.95. The highest BCUT2D eigenvalue weighted by atomic mass is 16.2. The molecule has 3 rings (SSSR count). The highest BCUT2D eigenvalue weighted by Gasteiger charge is 2.26. The number of carbonyl (C=O) groups excluding carboxylic acids is 2. The summed E-state index contributed by atoms with van der Waals surface area (Å²) in [5.74, 6) is 4.87. The van der Waals surface area contributed by atoms with Gasteiger partial charge in [0, 0.05) is 44.0 Å². The van der Waals surface area contributed by atoms with Gasteiger partial charge >= 0.3 is 0 Å². The van der Waals surface area contributed by atoms with Crippen molar-refractivity contribution in [3.8, 4) is 23.1 Å². The van der Waals surface area contributed by atoms with Gasteiger partial charge in [0.2, 0.25) is 0 Å². The maximum atomic E-state index is 12.8. The summed E-state index contributed by atoms with van der Waals surface area (Å²) in [6, 6.07) is 1.79. The first-order valence-electron chi connectivity index (χ1n) is 9.57. The lowest BCUT2D eigenvalue weighted by Gasteiger charge is -2.33. The monoisotopic (exact) mass is 382 g/mol. The van der Waals surface area contributed by atoms with Crippen LogP contribution in [0.1, 0.15) is 42.1 Å². The number of aromatic amines is 1. The normalized spacial score (nSPS) is 14.0. The van der Waals surface area contributed by atoms with E-state index in [1.165, 1.54) is 0 Å². The van der Waals surface area contributed by atoms with E-state index in [9.17, 15) is 9.59 Å². The molecule has 1 aliphatic heterocycles. The Bertz CT molecular complexity index is 938. The van der Waals surface area contributed by atoms with Crippen molar-refractivity contribution in [3.05, 3.63) is 23.1 Å². The predicted molar refractivity (Wildman–Crippen MR) is 106 cm³/mol. The molecule has 28 heavy (non-hydrogen) atoms. The van der Waals surface area contributed by atoms with Gasteiger partial charge in [0.15, 0.2) is 0 Å². The second kappa shape index (κ2) is 8.30. The van der Waals surface area contributed by atoms with Crippen molar-refractivity contribution >= 4 is 11.8 Å². The van der Waals surface area contributed by atoms with Gasteiger partial charge in [0.05, 0.1) is 11.4 Å². The Hall–Kier alpha value is -3.08. The van der Waals surface area contributed by atoms with Gasteiger partial charge in [0.1, 0.15) is 5.69 Å². The van der Waals surface area contributed by atoms with Crippen LogP contribution >= 0.6 is 0 Å². The Morgan fingerprint density at radius 3 is 2.50 bits per heavy atom. The molecule has 0 aliphatic carbocycles. The number of rotatable bonds is 4. The summed E-state index contributed by atoms with van der Waals surface area (Å²) < 4.78 is 1.98. The number of aryl methyl sites for hydroxylation is 2. The molecular weight excluding hydrogens is 356 g/mol. The number of piperazine rings is 1. The Balaban J connectivity index is 1.72. The van der Waals surface area contributed by atoms with E-state index in [2.05, 4.69) is 34.1 Å². The zero-order valence-corrected chi connectivity index (χ0v) is 16.9. The van der Waals surface area contributed by atoms with Crippen molar-refractivity contribution in [2.75, 3.05) is 26.2 Å². The van der Waals surface area contributed by atoms with Gasteiger partial charge < -0.3 is 9.80 Å². The molecule has 2 aromatic heterocycles. The number of carbonyl (C=O) groups is 2. The van der Waals surface area contributed by atoms with Gasteiger partial charge in [0.25, 0.3) is 11.8 Å². The molecule has 0 spiro atoms. The maximum absolute atomic E-state index is 12.8. The van der Waals surface area contributed by atoms with Gasteiger partial charge in [-0.2, -0.15) is 10.2 Å². The molecule has 1 saturated heterocycles. The minimum Gasteiger partial charge on any atom is -0.334 e. The molecule has 8 heteroatoms. The first-order valence-corrected chi connectivity index (χ1v) is 9.57. The lowest BCUT2D eigenvalue weighted by atomic mass is 10.1. The van der Waals surface area contributed by atoms with Gasteiger partial charge in [-0.05, 0) is 39.2 Å². The van der Waals surface area contributed by atoms with Gasteiger partial charge in [-0.15, -0.1) is 0 Å². The van der Waals surface area contributed by atoms with Gasteiger partial charge in [-0.3, -0.25) is 19.4 Å². The van der Waals surface area contributed by atoms with Crippen molar-refractivity contribution in [2.45, 2.75) is 40.7 Å². The highest BCUT2D eigenvalue weighted by Crippen LogP contribution is 2.26. The molecule has 2 amide bonds. The molecule has 0 radical (unpaired) electrons. The fraction of sp³-hybridized carbons (Fsp3) is 0.500. The second-order valence-electron chi connectivity index (χ2n) is 6.90. The molecule has 3 heterocycles. The lowest BCUT2D eigenvalue weighted by molar-refractivity contribution is -0.126. The molecule has 1 fully saturated rings. The van der Waals surface area contributed by atoms with Crippen LogP contribution in [0.25, 0.3) is 11.3 Å². The fourth-order valence-corrected chi connectivity index (χ4v) is 3.53. The number of H-pyrrole nitrogens is 1. The number of hydrogen-bond donors (Lipinski definition) is 1. The number of hydrogen-bond acceptors (Lipinski definition) is 4. The second-order valence-corrected chi connectivity index (χ2v) is 6.90. The summed E-state index contributed by atoms with van der Waals surface area (Å²) >= 11 is 0. The van der Waals surface area contributed by atoms with Crippen LogP contribution in [0.2, 0.25) is 0 Å². The Kier molecular flexibility index (Phi) is 5.83. The van der Waals surface area contributed by atoms with E-state index in [-0.39, 0.29) is 11.8 Å². The standard InChI is InChI=1S/C20H26N6O2/c1-5-7-18(27)24-9-11-25(12-10-24)20(28)17-13-16(21-22-17)19-14(3)23-26(8-6-2)15(19)4/h13H,6,8-12H2,1-4H3,(H,21,22). The maximum Gasteiger partial charge on any atom is 0.298 e. The van der Waals surface area contributed by atoms with Crippen molar-refractivity contribution in [1.82, 2.24) is 29.8 Å². The number of nitrogens with one attached hydrogen (secondary N) is 1. The van der Waals surface area contributed by atoms with E-state index >= 15 is 0 Å². The first kappa shape index (κ1) is 19.7. The van der Waals surface area contributed by atoms with Crippen LogP contribution in [0, 0.1) is 25.7 Å². The molecule has 1 N–H and O–H groups in total. The summed E-state index contributed by atoms with van der Waals surface area (Å²) in [5, 5.41) is 11.8. The summed E-state index contributed by atoms with van der Waals surface area (Å²) in [7, 11) is 0. The zero-order chi connectivity index (χ0) is 20.3. The van der Waals surface area contributed by atoms with E-state index in [1.54, 1.807) is 22.8 Å². The number of nitrogens with zero attached hydrogens (tertiary/aromatic N) is 5. The molecule has 0 saturated carbocycles. The Morgan fingerprint density at radius 2 is 1.86 bits per heavy atom. The third kappa shape index (κ3) is 3.79. The van der Waals surface area contributed by atoms with Crippen molar-refractivity contribution in [3.63, 3.8) is 0 Å². The minimum atomic E-state index is -0.187. The van der Waals surface area contributed by atoms with E-state index in [0.717, 1.165) is 35.6 Å². The van der Waals surface area contributed by atoms with Crippen LogP contribution in [-0.2, 0) is 11.3 Å². The lowest BCUT2D eigenvalue weighted by Crippen LogP contribution is -2.50. The number of aromatic nitrogens is 4. The van der Waals surface area contributed by atoms with Crippen LogP contribution in [0.3, 0.4) is 0 Å². The first-order chi connectivity index (χ1) is 13.5. The van der Waals surface area contributed by atoms with Crippen LogP contribution in [0.5, 0.6) is 0 Å². The van der Waals surface area contributed by atoms with Gasteiger partial charge in [-0.25, -0.2) is 0 Å². The molecule has 0 unspecified atom stereocenters. The van der Waals surface area contributed by atoms with Crippen LogP contribution in [0.4, 0.5) is 0 Å². The van der Waals surface area contributed by atoms with E-state index in [0.29, 0.717) is 31.9 Å². The quantitative estimate of drug-likeness (QED) is 0.814. The Morgan fingerprint density at radius 1 is 1.18 bits per heavy atom. The number of amides is 2. The summed E-state index contributed by atoms with van der Waals surface area (Å²) in [6.07, 6.45) is 1.00. The fourth-order valence-electron chi connectivity index (χ4n) is 3.53. The molecule has 0 bridgehead atoms. The van der Waals surface area contributed by atoms with Crippen molar-refractivity contribution < 1.29 is 9.59 Å². The smallest absolute Gasteiger partial charge is 0.298 e. The molecule has 0 aromatic carbocycles. The molecular formula is C20H26N6O2. The van der Waals surface area contributed by atoms with E-state index < -0.39 is 0 Å². The van der Waals surface area contributed by atoms with Crippen LogP contribution in [0.15, 0.2) is 6.07 Å². The topological polar surface area (TPSA) is 87.1 Å². The molecule has 2 aromatic rings. The predicted octanol–water partition coefficient (Wildman–Crippen LogP) is 1.61. The minimum absolute atomic E-state index is 0.108. The largest absolute Gasteiger partial charge is 0.334 e. The van der Waals surface area contributed by atoms with E-state index in [4.69, 9.17) is 0 Å². The van der Waals surface area contributed by atoms with E-state index in [1.807, 2.05) is 18.5 Å². The van der Waals surface area contributed by atoms with Crippen LogP contribution in [-0.4, -0.2) is 67.8 Å². The molecule has 0 atom stereocenters. The molecule has 1 aliphatic rings. The third-order valence-corrected chi connectivity index (χ3v) is 4.97. The third-order valence-electron chi connectivity index (χ3n) is 4.97. The summed E-state index contributed by atoms with van der Waals surface area (Å²) in [5.41, 5.74) is 4.10. The SMILES string of the molecule is CC#CC(=O)N1CCN(C(=O)c2cc(-c3c(C)nn(CCC)c3C)n[nH]2)CC1.